The zero-order chi connectivity index (χ0) is 14.7. The molecule has 0 fully saturated rings. The molecule has 0 amide bonds. The first-order valence-corrected chi connectivity index (χ1v) is 6.78. The van der Waals surface area contributed by atoms with Gasteiger partial charge in [-0.15, -0.1) is 0 Å². The molecule has 1 atom stereocenters. The van der Waals surface area contributed by atoms with Crippen LogP contribution in [0.1, 0.15) is 28.9 Å². The van der Waals surface area contributed by atoms with Gasteiger partial charge in [0, 0.05) is 10.0 Å². The first-order valence-electron chi connectivity index (χ1n) is 6.03. The summed E-state index contributed by atoms with van der Waals surface area (Å²) in [5, 5.41) is 13.4. The highest BCUT2D eigenvalue weighted by Crippen LogP contribution is 2.28. The first-order chi connectivity index (χ1) is 9.49. The largest absolute Gasteiger partial charge is 0.478 e. The van der Waals surface area contributed by atoms with Crippen molar-refractivity contribution in [2.24, 2.45) is 0 Å². The van der Waals surface area contributed by atoms with Crippen LogP contribution in [0.25, 0.3) is 0 Å². The van der Waals surface area contributed by atoms with Crippen LogP contribution in [0.15, 0.2) is 42.5 Å². The van der Waals surface area contributed by atoms with Crippen molar-refractivity contribution in [2.75, 3.05) is 5.32 Å². The second kappa shape index (κ2) is 6.16. The third kappa shape index (κ3) is 3.24. The highest BCUT2D eigenvalue weighted by Gasteiger charge is 2.14. The van der Waals surface area contributed by atoms with Crippen LogP contribution in [-0.2, 0) is 0 Å². The molecule has 0 saturated carbocycles. The highest BCUT2D eigenvalue weighted by molar-refractivity contribution is 6.31. The van der Waals surface area contributed by atoms with E-state index in [-0.39, 0.29) is 11.6 Å². The van der Waals surface area contributed by atoms with Gasteiger partial charge in [-0.05, 0) is 36.8 Å². The van der Waals surface area contributed by atoms with Gasteiger partial charge in [-0.2, -0.15) is 0 Å². The molecule has 104 valence electrons. The van der Waals surface area contributed by atoms with Crippen molar-refractivity contribution in [3.63, 3.8) is 0 Å². The minimum Gasteiger partial charge on any atom is -0.478 e. The van der Waals surface area contributed by atoms with E-state index in [1.807, 2.05) is 25.1 Å². The molecule has 0 aliphatic carbocycles. The zero-order valence-electron chi connectivity index (χ0n) is 10.7. The lowest BCUT2D eigenvalue weighted by Crippen LogP contribution is -2.11. The second-order valence-corrected chi connectivity index (χ2v) is 5.23. The third-order valence-electron chi connectivity index (χ3n) is 2.96. The molecule has 0 heterocycles. The average Bonchev–Trinajstić information content (AvgIpc) is 2.38. The normalized spacial score (nSPS) is 11.9. The van der Waals surface area contributed by atoms with Gasteiger partial charge >= 0.3 is 5.97 Å². The van der Waals surface area contributed by atoms with Gasteiger partial charge in [0.25, 0.3) is 0 Å². The van der Waals surface area contributed by atoms with Crippen molar-refractivity contribution in [2.45, 2.75) is 13.0 Å². The summed E-state index contributed by atoms with van der Waals surface area (Å²) in [5.74, 6) is -1.00. The van der Waals surface area contributed by atoms with E-state index in [9.17, 15) is 9.90 Å². The summed E-state index contributed by atoms with van der Waals surface area (Å²) in [6.45, 7) is 1.91. The Bertz CT molecular complexity index is 644. The van der Waals surface area contributed by atoms with Crippen molar-refractivity contribution < 1.29 is 9.90 Å². The molecular formula is C15H13Cl2NO2. The average molecular weight is 310 g/mol. The Morgan fingerprint density at radius 3 is 2.55 bits per heavy atom. The van der Waals surface area contributed by atoms with Crippen molar-refractivity contribution >= 4 is 34.9 Å². The number of nitrogens with one attached hydrogen (secondary N) is 1. The Kier molecular flexibility index (Phi) is 4.53. The van der Waals surface area contributed by atoms with Gasteiger partial charge in [-0.1, -0.05) is 41.4 Å². The lowest BCUT2D eigenvalue weighted by atomic mass is 10.1. The molecule has 20 heavy (non-hydrogen) atoms. The predicted molar refractivity (Wildman–Crippen MR) is 81.9 cm³/mol. The molecule has 1 unspecified atom stereocenters. The van der Waals surface area contributed by atoms with E-state index >= 15 is 0 Å². The summed E-state index contributed by atoms with van der Waals surface area (Å²) in [6.07, 6.45) is 0. The van der Waals surface area contributed by atoms with Crippen LogP contribution in [0.2, 0.25) is 10.0 Å². The van der Waals surface area contributed by atoms with Crippen LogP contribution in [0.4, 0.5) is 5.69 Å². The standard InChI is InChI=1S/C15H13Cl2NO2/c1-9(11-4-2-3-5-13(11)17)18-14-8-10(16)6-7-12(14)15(19)20/h2-9,18H,1H3,(H,19,20). The zero-order valence-corrected chi connectivity index (χ0v) is 12.2. The van der Waals surface area contributed by atoms with E-state index in [4.69, 9.17) is 23.2 Å². The van der Waals surface area contributed by atoms with Crippen molar-refractivity contribution in [1.29, 1.82) is 0 Å². The molecule has 0 aliphatic heterocycles. The van der Waals surface area contributed by atoms with Crippen LogP contribution in [0, 0.1) is 0 Å². The van der Waals surface area contributed by atoms with Gasteiger partial charge < -0.3 is 10.4 Å². The number of halogens is 2. The smallest absolute Gasteiger partial charge is 0.337 e. The molecule has 0 bridgehead atoms. The number of carboxylic acids is 1. The van der Waals surface area contributed by atoms with Crippen LogP contribution in [0.5, 0.6) is 0 Å². The fourth-order valence-corrected chi connectivity index (χ4v) is 2.43. The van der Waals surface area contributed by atoms with Gasteiger partial charge in [-0.25, -0.2) is 4.79 Å². The maximum absolute atomic E-state index is 11.2. The number of anilines is 1. The fourth-order valence-electron chi connectivity index (χ4n) is 1.96. The Balaban J connectivity index is 2.32. The Hall–Kier alpha value is -1.71. The molecule has 0 aliphatic rings. The van der Waals surface area contributed by atoms with Crippen molar-refractivity contribution in [3.8, 4) is 0 Å². The van der Waals surface area contributed by atoms with Gasteiger partial charge in [0.05, 0.1) is 17.3 Å². The summed E-state index contributed by atoms with van der Waals surface area (Å²) in [5.41, 5.74) is 1.54. The van der Waals surface area contributed by atoms with E-state index in [1.54, 1.807) is 18.2 Å². The van der Waals surface area contributed by atoms with E-state index in [0.717, 1.165) is 5.56 Å². The monoisotopic (exact) mass is 309 g/mol. The summed E-state index contributed by atoms with van der Waals surface area (Å²) < 4.78 is 0. The lowest BCUT2D eigenvalue weighted by Gasteiger charge is -2.18. The molecule has 3 nitrogen and oxygen atoms in total. The van der Waals surface area contributed by atoms with E-state index < -0.39 is 5.97 Å². The number of benzene rings is 2. The second-order valence-electron chi connectivity index (χ2n) is 4.38. The number of aromatic carboxylic acids is 1. The van der Waals surface area contributed by atoms with Gasteiger partial charge in [0.1, 0.15) is 0 Å². The molecule has 2 aromatic rings. The maximum atomic E-state index is 11.2. The van der Waals surface area contributed by atoms with Crippen LogP contribution < -0.4 is 5.32 Å². The minimum atomic E-state index is -1.00. The van der Waals surface area contributed by atoms with Gasteiger partial charge in [0.15, 0.2) is 0 Å². The maximum Gasteiger partial charge on any atom is 0.337 e. The van der Waals surface area contributed by atoms with E-state index in [0.29, 0.717) is 15.7 Å². The topological polar surface area (TPSA) is 49.3 Å². The van der Waals surface area contributed by atoms with Gasteiger partial charge in [0.2, 0.25) is 0 Å². The Morgan fingerprint density at radius 1 is 1.20 bits per heavy atom. The summed E-state index contributed by atoms with van der Waals surface area (Å²) >= 11 is 12.1. The molecule has 5 heteroatoms. The molecule has 0 saturated heterocycles. The molecule has 2 rings (SSSR count). The SMILES string of the molecule is CC(Nc1cc(Cl)ccc1C(=O)O)c1ccccc1Cl. The quantitative estimate of drug-likeness (QED) is 0.847. The number of rotatable bonds is 4. The van der Waals surface area contributed by atoms with Crippen molar-refractivity contribution in [1.82, 2.24) is 0 Å². The molecule has 0 radical (unpaired) electrons. The Labute approximate surface area is 127 Å². The molecule has 0 spiro atoms. The number of carbonyl (C=O) groups is 1. The summed E-state index contributed by atoms with van der Waals surface area (Å²) in [6, 6.07) is 11.9. The summed E-state index contributed by atoms with van der Waals surface area (Å²) in [4.78, 5) is 11.2. The molecule has 2 N–H and O–H groups in total. The number of carboxylic acid groups (broad SMARTS) is 1. The number of hydrogen-bond donors (Lipinski definition) is 2. The highest BCUT2D eigenvalue weighted by atomic mass is 35.5. The lowest BCUT2D eigenvalue weighted by molar-refractivity contribution is 0.0698. The van der Waals surface area contributed by atoms with Gasteiger partial charge in [-0.3, -0.25) is 0 Å². The van der Waals surface area contributed by atoms with E-state index in [1.165, 1.54) is 6.07 Å². The Morgan fingerprint density at radius 2 is 1.90 bits per heavy atom. The van der Waals surface area contributed by atoms with Crippen LogP contribution in [-0.4, -0.2) is 11.1 Å². The van der Waals surface area contributed by atoms with Crippen LogP contribution in [0.3, 0.4) is 0 Å². The summed E-state index contributed by atoms with van der Waals surface area (Å²) in [7, 11) is 0. The van der Waals surface area contributed by atoms with E-state index in [2.05, 4.69) is 5.32 Å². The van der Waals surface area contributed by atoms with Crippen LogP contribution >= 0.6 is 23.2 Å². The molecule has 2 aromatic carbocycles. The fraction of sp³-hybridized carbons (Fsp3) is 0.133. The first kappa shape index (κ1) is 14.7. The predicted octanol–water partition coefficient (Wildman–Crippen LogP) is 4.86. The molecule has 0 aromatic heterocycles. The van der Waals surface area contributed by atoms with Crippen molar-refractivity contribution in [3.05, 3.63) is 63.6 Å². The minimum absolute atomic E-state index is 0.139. The molecular weight excluding hydrogens is 297 g/mol. The third-order valence-corrected chi connectivity index (χ3v) is 3.54. The number of hydrogen-bond acceptors (Lipinski definition) is 2.